The number of aromatic nitrogens is 2. The zero-order chi connectivity index (χ0) is 12.4. The Morgan fingerprint density at radius 1 is 1.35 bits per heavy atom. The molecule has 0 aliphatic rings. The van der Waals surface area contributed by atoms with Gasteiger partial charge in [0.25, 0.3) is 0 Å². The van der Waals surface area contributed by atoms with E-state index in [0.29, 0.717) is 17.4 Å². The van der Waals surface area contributed by atoms with E-state index in [4.69, 9.17) is 22.1 Å². The Kier molecular flexibility index (Phi) is 3.36. The van der Waals surface area contributed by atoms with Crippen molar-refractivity contribution >= 4 is 17.4 Å². The molecule has 2 aromatic rings. The summed E-state index contributed by atoms with van der Waals surface area (Å²) in [5.74, 6) is 0.624. The van der Waals surface area contributed by atoms with Crippen molar-refractivity contribution in [3.63, 3.8) is 0 Å². The number of hydrogen-bond acceptors (Lipinski definition) is 3. The molecule has 2 rings (SSSR count). The van der Waals surface area contributed by atoms with Crippen molar-refractivity contribution in [2.75, 3.05) is 12.8 Å². The Balaban J connectivity index is 2.53. The molecule has 0 saturated heterocycles. The summed E-state index contributed by atoms with van der Waals surface area (Å²) in [6.07, 6.45) is 0. The third-order valence-electron chi connectivity index (χ3n) is 2.58. The number of methoxy groups -OCH3 is 1. The first-order chi connectivity index (χ1) is 8.13. The van der Waals surface area contributed by atoms with E-state index in [-0.39, 0.29) is 0 Å². The zero-order valence-corrected chi connectivity index (χ0v) is 10.5. The molecule has 1 heterocycles. The van der Waals surface area contributed by atoms with E-state index in [9.17, 15) is 0 Å². The fraction of sp³-hybridized carbons (Fsp3) is 0.250. The van der Waals surface area contributed by atoms with E-state index in [1.54, 1.807) is 11.8 Å². The summed E-state index contributed by atoms with van der Waals surface area (Å²) >= 11 is 5.87. The average Bonchev–Trinajstić information content (AvgIpc) is 2.57. The Morgan fingerprint density at radius 3 is 2.59 bits per heavy atom. The van der Waals surface area contributed by atoms with Gasteiger partial charge in [-0.1, -0.05) is 23.7 Å². The van der Waals surface area contributed by atoms with Crippen LogP contribution in [0.15, 0.2) is 24.3 Å². The second-order valence-electron chi connectivity index (χ2n) is 3.77. The largest absolute Gasteiger partial charge is 0.383 e. The predicted molar refractivity (Wildman–Crippen MR) is 68.8 cm³/mol. The fourth-order valence-corrected chi connectivity index (χ4v) is 1.89. The van der Waals surface area contributed by atoms with Crippen LogP contribution in [-0.4, -0.2) is 16.9 Å². The Bertz CT molecular complexity index is 519. The van der Waals surface area contributed by atoms with Gasteiger partial charge in [-0.3, -0.25) is 4.68 Å². The van der Waals surface area contributed by atoms with Crippen molar-refractivity contribution in [2.45, 2.75) is 6.61 Å². The number of nitrogens with zero attached hydrogens (tertiary/aromatic N) is 2. The maximum Gasteiger partial charge on any atom is 0.129 e. The third-order valence-corrected chi connectivity index (χ3v) is 2.83. The summed E-state index contributed by atoms with van der Waals surface area (Å²) in [6.45, 7) is 0.434. The Labute approximate surface area is 105 Å². The highest BCUT2D eigenvalue weighted by atomic mass is 35.5. The lowest BCUT2D eigenvalue weighted by Gasteiger charge is -2.03. The molecular weight excluding hydrogens is 238 g/mol. The molecule has 0 aliphatic heterocycles. The van der Waals surface area contributed by atoms with Crippen molar-refractivity contribution in [1.82, 2.24) is 9.78 Å². The van der Waals surface area contributed by atoms with Gasteiger partial charge in [0.2, 0.25) is 0 Å². The molecule has 0 atom stereocenters. The van der Waals surface area contributed by atoms with E-state index >= 15 is 0 Å². The van der Waals surface area contributed by atoms with Crippen LogP contribution in [0.25, 0.3) is 11.1 Å². The van der Waals surface area contributed by atoms with E-state index in [2.05, 4.69) is 5.10 Å². The van der Waals surface area contributed by atoms with Crippen LogP contribution in [0.2, 0.25) is 5.02 Å². The molecule has 17 heavy (non-hydrogen) atoms. The van der Waals surface area contributed by atoms with Gasteiger partial charge in [0.15, 0.2) is 0 Å². The summed E-state index contributed by atoms with van der Waals surface area (Å²) in [7, 11) is 3.45. The normalized spacial score (nSPS) is 10.8. The molecule has 0 aliphatic carbocycles. The minimum atomic E-state index is 0.434. The van der Waals surface area contributed by atoms with Gasteiger partial charge in [-0.05, 0) is 17.7 Å². The second kappa shape index (κ2) is 4.77. The lowest BCUT2D eigenvalue weighted by Crippen LogP contribution is -1.98. The van der Waals surface area contributed by atoms with Gasteiger partial charge in [0, 0.05) is 24.7 Å². The molecule has 0 radical (unpaired) electrons. The van der Waals surface area contributed by atoms with Crippen molar-refractivity contribution in [3.8, 4) is 11.1 Å². The molecule has 0 amide bonds. The highest BCUT2D eigenvalue weighted by Gasteiger charge is 2.15. The molecule has 0 saturated carbocycles. The van der Waals surface area contributed by atoms with Gasteiger partial charge in [0.05, 0.1) is 12.3 Å². The number of hydrogen-bond donors (Lipinski definition) is 1. The van der Waals surface area contributed by atoms with E-state index < -0.39 is 0 Å². The standard InChI is InChI=1S/C12H14ClN3O/c1-16-12(14)11(10(15-16)7-17-2)8-3-5-9(13)6-4-8/h3-6H,7,14H2,1-2H3. The van der Waals surface area contributed by atoms with Gasteiger partial charge >= 0.3 is 0 Å². The number of aryl methyl sites for hydroxylation is 1. The molecule has 4 nitrogen and oxygen atoms in total. The van der Waals surface area contributed by atoms with E-state index in [1.807, 2.05) is 31.3 Å². The van der Waals surface area contributed by atoms with Crippen molar-refractivity contribution < 1.29 is 4.74 Å². The van der Waals surface area contributed by atoms with Crippen molar-refractivity contribution in [1.29, 1.82) is 0 Å². The smallest absolute Gasteiger partial charge is 0.129 e. The van der Waals surface area contributed by atoms with Crippen LogP contribution in [-0.2, 0) is 18.4 Å². The summed E-state index contributed by atoms with van der Waals surface area (Å²) in [6, 6.07) is 7.52. The van der Waals surface area contributed by atoms with Gasteiger partial charge in [-0.25, -0.2) is 0 Å². The number of halogens is 1. The minimum absolute atomic E-state index is 0.434. The molecule has 0 bridgehead atoms. The van der Waals surface area contributed by atoms with Crippen molar-refractivity contribution in [3.05, 3.63) is 35.0 Å². The summed E-state index contributed by atoms with van der Waals surface area (Å²) < 4.78 is 6.78. The average molecular weight is 252 g/mol. The summed E-state index contributed by atoms with van der Waals surface area (Å²) in [4.78, 5) is 0. The Hall–Kier alpha value is -1.52. The maximum absolute atomic E-state index is 6.02. The molecule has 0 spiro atoms. The molecule has 1 aromatic heterocycles. The van der Waals surface area contributed by atoms with Crippen LogP contribution >= 0.6 is 11.6 Å². The lowest BCUT2D eigenvalue weighted by atomic mass is 10.1. The van der Waals surface area contributed by atoms with Crippen LogP contribution in [0.4, 0.5) is 5.82 Å². The molecule has 1 aromatic carbocycles. The number of anilines is 1. The fourth-order valence-electron chi connectivity index (χ4n) is 1.76. The molecular formula is C12H14ClN3O. The first kappa shape index (κ1) is 12.0. The number of nitrogen functional groups attached to an aromatic ring is 1. The van der Waals surface area contributed by atoms with Crippen LogP contribution in [0.3, 0.4) is 0 Å². The number of ether oxygens (including phenoxy) is 1. The van der Waals surface area contributed by atoms with Gasteiger partial charge < -0.3 is 10.5 Å². The van der Waals surface area contributed by atoms with Crippen LogP contribution in [0, 0.1) is 0 Å². The summed E-state index contributed by atoms with van der Waals surface area (Å²) in [5, 5.41) is 5.03. The van der Waals surface area contributed by atoms with Crippen LogP contribution in [0.1, 0.15) is 5.69 Å². The first-order valence-electron chi connectivity index (χ1n) is 5.19. The van der Waals surface area contributed by atoms with E-state index in [0.717, 1.165) is 16.8 Å². The Morgan fingerprint density at radius 2 is 2.00 bits per heavy atom. The zero-order valence-electron chi connectivity index (χ0n) is 9.77. The van der Waals surface area contributed by atoms with E-state index in [1.165, 1.54) is 0 Å². The number of benzene rings is 1. The van der Waals surface area contributed by atoms with Gasteiger partial charge in [-0.15, -0.1) is 0 Å². The molecule has 5 heteroatoms. The molecule has 0 fully saturated rings. The maximum atomic E-state index is 6.02. The summed E-state index contributed by atoms with van der Waals surface area (Å²) in [5.41, 5.74) is 8.75. The number of nitrogens with two attached hydrogens (primary N) is 1. The van der Waals surface area contributed by atoms with Crippen LogP contribution < -0.4 is 5.73 Å². The molecule has 90 valence electrons. The van der Waals surface area contributed by atoms with Crippen LogP contribution in [0.5, 0.6) is 0 Å². The third kappa shape index (κ3) is 2.28. The monoisotopic (exact) mass is 251 g/mol. The van der Waals surface area contributed by atoms with Gasteiger partial charge in [0.1, 0.15) is 5.82 Å². The number of rotatable bonds is 3. The quantitative estimate of drug-likeness (QED) is 0.912. The minimum Gasteiger partial charge on any atom is -0.383 e. The first-order valence-corrected chi connectivity index (χ1v) is 5.57. The topological polar surface area (TPSA) is 53.1 Å². The second-order valence-corrected chi connectivity index (χ2v) is 4.21. The SMILES string of the molecule is COCc1nn(C)c(N)c1-c1ccc(Cl)cc1. The molecule has 0 unspecified atom stereocenters. The highest BCUT2D eigenvalue weighted by molar-refractivity contribution is 6.30. The van der Waals surface area contributed by atoms with Gasteiger partial charge in [-0.2, -0.15) is 5.10 Å². The predicted octanol–water partition coefficient (Wildman–Crippen LogP) is 2.47. The molecule has 2 N–H and O–H groups in total. The lowest BCUT2D eigenvalue weighted by molar-refractivity contribution is 0.181. The highest BCUT2D eigenvalue weighted by Crippen LogP contribution is 2.30. The van der Waals surface area contributed by atoms with Crippen molar-refractivity contribution in [2.24, 2.45) is 7.05 Å².